The first-order valence-electron chi connectivity index (χ1n) is 10.6. The van der Waals surface area contributed by atoms with Crippen molar-refractivity contribution >= 4 is 23.9 Å². The van der Waals surface area contributed by atoms with E-state index in [-0.39, 0.29) is 12.2 Å². The minimum absolute atomic E-state index is 0.247. The Morgan fingerprint density at radius 2 is 1.50 bits per heavy atom. The van der Waals surface area contributed by atoms with Crippen LogP contribution in [0.4, 0.5) is 0 Å². The molecule has 9 heteroatoms. The monoisotopic (exact) mass is 470 g/mol. The van der Waals surface area contributed by atoms with E-state index in [1.807, 2.05) is 0 Å². The molecule has 2 unspecified atom stereocenters. The Balaban J connectivity index is 1.89. The molecule has 0 radical (unpaired) electrons. The van der Waals surface area contributed by atoms with Crippen LogP contribution in [0.3, 0.4) is 0 Å². The molecule has 3 rings (SSSR count). The van der Waals surface area contributed by atoms with Gasteiger partial charge in [-0.2, -0.15) is 0 Å². The minimum Gasteiger partial charge on any atom is -0.459 e. The van der Waals surface area contributed by atoms with Crippen LogP contribution in [-0.2, 0) is 33.3 Å². The number of hydrogen-bond acceptors (Lipinski definition) is 9. The molecular formula is C25H26O9. The molecule has 34 heavy (non-hydrogen) atoms. The summed E-state index contributed by atoms with van der Waals surface area (Å²) in [7, 11) is 0. The molecule has 1 saturated heterocycles. The van der Waals surface area contributed by atoms with Crippen LogP contribution < -0.4 is 0 Å². The van der Waals surface area contributed by atoms with E-state index in [0.717, 1.165) is 13.8 Å². The van der Waals surface area contributed by atoms with Crippen LogP contribution in [0.2, 0.25) is 0 Å². The molecular weight excluding hydrogens is 444 g/mol. The van der Waals surface area contributed by atoms with Crippen LogP contribution >= 0.6 is 0 Å². The standard InChI is InChI=1S/C25H26O9/c1-15-10-8-9-13-19(15)23(29)30-14-20-25(4,34-22(28)18-11-6-5-7-12-18)21(31-16(2)26)24(33-20)32-17(3)27/h5-13,20-21,24H,14H2,1-4H3/t20-,21?,24-,25?/m0/s1. The van der Waals surface area contributed by atoms with Crippen LogP contribution in [0.15, 0.2) is 54.6 Å². The van der Waals surface area contributed by atoms with Crippen molar-refractivity contribution in [1.29, 1.82) is 0 Å². The van der Waals surface area contributed by atoms with Crippen LogP contribution in [0.25, 0.3) is 0 Å². The lowest BCUT2D eigenvalue weighted by atomic mass is 9.94. The molecule has 0 saturated carbocycles. The normalized spacial score (nSPS) is 23.6. The summed E-state index contributed by atoms with van der Waals surface area (Å²) in [5.41, 5.74) is -0.327. The summed E-state index contributed by atoms with van der Waals surface area (Å²) in [4.78, 5) is 49.0. The fourth-order valence-electron chi connectivity index (χ4n) is 3.62. The lowest BCUT2D eigenvalue weighted by Gasteiger charge is -2.33. The first kappa shape index (κ1) is 24.9. The highest BCUT2D eigenvalue weighted by Crippen LogP contribution is 2.38. The SMILES string of the molecule is CC(=O)OC1[C@@H](OC(C)=O)O[C@@H](COC(=O)c2ccccc2C)C1(C)OC(=O)c1ccccc1. The van der Waals surface area contributed by atoms with Gasteiger partial charge < -0.3 is 23.7 Å². The molecule has 1 heterocycles. The maximum absolute atomic E-state index is 12.9. The van der Waals surface area contributed by atoms with Gasteiger partial charge in [-0.25, -0.2) is 9.59 Å². The second-order valence-electron chi connectivity index (χ2n) is 7.99. The van der Waals surface area contributed by atoms with Gasteiger partial charge in [0.25, 0.3) is 0 Å². The molecule has 180 valence electrons. The second-order valence-corrected chi connectivity index (χ2v) is 7.99. The molecule has 0 bridgehead atoms. The van der Waals surface area contributed by atoms with E-state index in [1.165, 1.54) is 6.92 Å². The fourth-order valence-corrected chi connectivity index (χ4v) is 3.62. The summed E-state index contributed by atoms with van der Waals surface area (Å²) in [6.45, 7) is 5.20. The first-order valence-corrected chi connectivity index (χ1v) is 10.6. The predicted molar refractivity (Wildman–Crippen MR) is 118 cm³/mol. The minimum atomic E-state index is -1.65. The van der Waals surface area contributed by atoms with E-state index in [1.54, 1.807) is 61.5 Å². The Labute approximate surface area is 196 Å². The van der Waals surface area contributed by atoms with E-state index in [4.69, 9.17) is 23.7 Å². The first-order chi connectivity index (χ1) is 16.1. The lowest BCUT2D eigenvalue weighted by Crippen LogP contribution is -2.52. The van der Waals surface area contributed by atoms with Gasteiger partial charge >= 0.3 is 23.9 Å². The third-order valence-corrected chi connectivity index (χ3v) is 5.38. The highest BCUT2D eigenvalue weighted by Gasteiger charge is 2.61. The molecule has 2 aromatic carbocycles. The maximum atomic E-state index is 12.9. The van der Waals surface area contributed by atoms with Crippen molar-refractivity contribution in [2.24, 2.45) is 0 Å². The van der Waals surface area contributed by atoms with E-state index >= 15 is 0 Å². The van der Waals surface area contributed by atoms with E-state index < -0.39 is 48.0 Å². The van der Waals surface area contributed by atoms with Crippen LogP contribution in [0, 0.1) is 6.92 Å². The number of benzene rings is 2. The van der Waals surface area contributed by atoms with Gasteiger partial charge in [-0.15, -0.1) is 0 Å². The second kappa shape index (κ2) is 10.5. The van der Waals surface area contributed by atoms with Gasteiger partial charge in [0.1, 0.15) is 12.7 Å². The molecule has 2 aromatic rings. The van der Waals surface area contributed by atoms with Gasteiger partial charge in [0, 0.05) is 13.8 Å². The molecule has 1 fully saturated rings. The molecule has 1 aliphatic heterocycles. The van der Waals surface area contributed by atoms with Crippen LogP contribution in [0.1, 0.15) is 47.1 Å². The Morgan fingerprint density at radius 1 is 0.882 bits per heavy atom. The van der Waals surface area contributed by atoms with Crippen LogP contribution in [0.5, 0.6) is 0 Å². The molecule has 9 nitrogen and oxygen atoms in total. The van der Waals surface area contributed by atoms with Crippen molar-refractivity contribution in [3.63, 3.8) is 0 Å². The number of rotatable bonds is 7. The lowest BCUT2D eigenvalue weighted by molar-refractivity contribution is -0.197. The summed E-state index contributed by atoms with van der Waals surface area (Å²) in [6, 6.07) is 15.1. The van der Waals surface area contributed by atoms with Crippen molar-refractivity contribution in [3.8, 4) is 0 Å². The maximum Gasteiger partial charge on any atom is 0.338 e. The van der Waals surface area contributed by atoms with Gasteiger partial charge in [0.05, 0.1) is 11.1 Å². The summed E-state index contributed by atoms with van der Waals surface area (Å²) in [5.74, 6) is -2.73. The number of ether oxygens (including phenoxy) is 5. The summed E-state index contributed by atoms with van der Waals surface area (Å²) >= 11 is 0. The Kier molecular flexibility index (Phi) is 7.68. The highest BCUT2D eigenvalue weighted by molar-refractivity contribution is 5.91. The predicted octanol–water partition coefficient (Wildman–Crippen LogP) is 2.99. The quantitative estimate of drug-likeness (QED) is 0.445. The third kappa shape index (κ3) is 5.60. The number of esters is 4. The molecule has 0 aliphatic carbocycles. The summed E-state index contributed by atoms with van der Waals surface area (Å²) in [5, 5.41) is 0. The van der Waals surface area contributed by atoms with E-state index in [2.05, 4.69) is 0 Å². The number of hydrogen-bond donors (Lipinski definition) is 0. The zero-order valence-electron chi connectivity index (χ0n) is 19.3. The third-order valence-electron chi connectivity index (χ3n) is 5.38. The number of aryl methyl sites for hydroxylation is 1. The van der Waals surface area contributed by atoms with Gasteiger partial charge in [-0.3, -0.25) is 9.59 Å². The average Bonchev–Trinajstić information content (AvgIpc) is 3.02. The smallest absolute Gasteiger partial charge is 0.338 e. The molecule has 4 atom stereocenters. The van der Waals surface area contributed by atoms with Crippen molar-refractivity contribution < 1.29 is 42.9 Å². The van der Waals surface area contributed by atoms with Gasteiger partial charge in [0.2, 0.25) is 12.4 Å². The molecule has 0 amide bonds. The number of carbonyl (C=O) groups excluding carboxylic acids is 4. The average molecular weight is 470 g/mol. The largest absolute Gasteiger partial charge is 0.459 e. The van der Waals surface area contributed by atoms with Gasteiger partial charge in [-0.1, -0.05) is 36.4 Å². The van der Waals surface area contributed by atoms with Crippen molar-refractivity contribution in [2.75, 3.05) is 6.61 Å². The zero-order chi connectivity index (χ0) is 24.9. The number of carbonyl (C=O) groups is 4. The van der Waals surface area contributed by atoms with Crippen molar-refractivity contribution in [1.82, 2.24) is 0 Å². The highest BCUT2D eigenvalue weighted by atomic mass is 16.8. The summed E-state index contributed by atoms with van der Waals surface area (Å²) in [6.07, 6.45) is -3.79. The van der Waals surface area contributed by atoms with E-state index in [0.29, 0.717) is 11.1 Å². The van der Waals surface area contributed by atoms with Crippen molar-refractivity contribution in [2.45, 2.75) is 51.8 Å². The topological polar surface area (TPSA) is 114 Å². The van der Waals surface area contributed by atoms with E-state index in [9.17, 15) is 19.2 Å². The van der Waals surface area contributed by atoms with Gasteiger partial charge in [0.15, 0.2) is 5.60 Å². The molecule has 1 aliphatic rings. The Morgan fingerprint density at radius 3 is 2.12 bits per heavy atom. The van der Waals surface area contributed by atoms with Crippen molar-refractivity contribution in [3.05, 3.63) is 71.3 Å². The molecule has 0 spiro atoms. The zero-order valence-corrected chi connectivity index (χ0v) is 19.3. The van der Waals surface area contributed by atoms with Crippen LogP contribution in [-0.4, -0.2) is 54.6 Å². The molecule has 0 N–H and O–H groups in total. The Bertz CT molecular complexity index is 1070. The fraction of sp³-hybridized carbons (Fsp3) is 0.360. The Hall–Kier alpha value is -3.72. The summed E-state index contributed by atoms with van der Waals surface area (Å²) < 4.78 is 27.5. The van der Waals surface area contributed by atoms with Gasteiger partial charge in [-0.05, 0) is 37.6 Å². The molecule has 0 aromatic heterocycles.